The predicted molar refractivity (Wildman–Crippen MR) is 107 cm³/mol. The van der Waals surface area contributed by atoms with Crippen LogP contribution in [0, 0.1) is 0 Å². The second-order valence-electron chi connectivity index (χ2n) is 7.40. The number of likely N-dealkylation sites (tertiary alicyclic amines) is 1. The van der Waals surface area contributed by atoms with Crippen LogP contribution in [0.4, 0.5) is 5.69 Å². The van der Waals surface area contributed by atoms with Gasteiger partial charge in [-0.15, -0.1) is 0 Å². The van der Waals surface area contributed by atoms with Gasteiger partial charge in [0.2, 0.25) is 0 Å². The molecule has 5 nitrogen and oxygen atoms in total. The fourth-order valence-corrected chi connectivity index (χ4v) is 4.19. The number of hydrogen-bond acceptors (Lipinski definition) is 5. The van der Waals surface area contributed by atoms with Crippen molar-refractivity contribution in [3.8, 4) is 5.75 Å². The Morgan fingerprint density at radius 2 is 1.85 bits per heavy atom. The number of methoxy groups -OCH3 is 1. The largest absolute Gasteiger partial charge is 0.495 e. The van der Waals surface area contributed by atoms with E-state index in [1.807, 2.05) is 6.07 Å². The summed E-state index contributed by atoms with van der Waals surface area (Å²) in [6.07, 6.45) is 3.76. The molecule has 146 valence electrons. The highest BCUT2D eigenvalue weighted by atomic mass is 16.5. The van der Waals surface area contributed by atoms with Gasteiger partial charge in [-0.1, -0.05) is 19.1 Å². The number of benzene rings is 1. The number of piperazine rings is 1. The molecule has 3 rings (SSSR count). The van der Waals surface area contributed by atoms with Crippen LogP contribution in [-0.2, 0) is 4.74 Å². The molecule has 0 spiro atoms. The number of piperidine rings is 1. The molecule has 1 aromatic carbocycles. The molecule has 2 aliphatic rings. The van der Waals surface area contributed by atoms with Gasteiger partial charge in [0.05, 0.1) is 19.4 Å². The maximum absolute atomic E-state index is 5.68. The minimum absolute atomic E-state index is 0.703. The maximum Gasteiger partial charge on any atom is 0.142 e. The normalized spacial score (nSPS) is 22.5. The standard InChI is InChI=1S/C21H35N3O2/c1-3-16-26-17-15-22-10-6-7-19(18-22)23-11-13-24(14-12-23)20-8-4-5-9-21(20)25-2/h4-5,8-9,19H,3,6-7,10-18H2,1-2H3/t19-/m1/s1. The third kappa shape index (κ3) is 5.12. The van der Waals surface area contributed by atoms with Crippen LogP contribution in [0.1, 0.15) is 26.2 Å². The number of ether oxygens (including phenoxy) is 2. The Bertz CT molecular complexity index is 532. The Hall–Kier alpha value is -1.30. The first kappa shape index (κ1) is 19.5. The molecule has 0 aliphatic carbocycles. The van der Waals surface area contributed by atoms with E-state index in [0.29, 0.717) is 6.04 Å². The van der Waals surface area contributed by atoms with Gasteiger partial charge in [-0.2, -0.15) is 0 Å². The summed E-state index contributed by atoms with van der Waals surface area (Å²) in [5, 5.41) is 0. The fraction of sp³-hybridized carbons (Fsp3) is 0.714. The quantitative estimate of drug-likeness (QED) is 0.664. The van der Waals surface area contributed by atoms with E-state index in [4.69, 9.17) is 9.47 Å². The van der Waals surface area contributed by atoms with E-state index in [-0.39, 0.29) is 0 Å². The molecule has 0 radical (unpaired) electrons. The van der Waals surface area contributed by atoms with Crippen LogP contribution in [0.2, 0.25) is 0 Å². The third-order valence-corrected chi connectivity index (χ3v) is 5.64. The highest BCUT2D eigenvalue weighted by Gasteiger charge is 2.28. The minimum Gasteiger partial charge on any atom is -0.495 e. The third-order valence-electron chi connectivity index (χ3n) is 5.64. The Balaban J connectivity index is 1.47. The zero-order chi connectivity index (χ0) is 18.2. The number of anilines is 1. The van der Waals surface area contributed by atoms with Crippen molar-refractivity contribution >= 4 is 5.69 Å². The van der Waals surface area contributed by atoms with Crippen LogP contribution in [0.5, 0.6) is 5.75 Å². The van der Waals surface area contributed by atoms with Crippen LogP contribution in [0.15, 0.2) is 24.3 Å². The topological polar surface area (TPSA) is 28.2 Å². The Labute approximate surface area is 158 Å². The monoisotopic (exact) mass is 361 g/mol. The Kier molecular flexibility index (Phi) is 7.59. The van der Waals surface area contributed by atoms with E-state index in [2.05, 4.69) is 39.8 Å². The molecule has 2 fully saturated rings. The van der Waals surface area contributed by atoms with Crippen molar-refractivity contribution < 1.29 is 9.47 Å². The summed E-state index contributed by atoms with van der Waals surface area (Å²) >= 11 is 0. The second-order valence-corrected chi connectivity index (χ2v) is 7.40. The van der Waals surface area contributed by atoms with Crippen molar-refractivity contribution in [2.75, 3.05) is 71.0 Å². The zero-order valence-corrected chi connectivity index (χ0v) is 16.5. The molecule has 2 aliphatic heterocycles. The molecule has 0 N–H and O–H groups in total. The van der Waals surface area contributed by atoms with Crippen LogP contribution >= 0.6 is 0 Å². The van der Waals surface area contributed by atoms with E-state index in [9.17, 15) is 0 Å². The Morgan fingerprint density at radius 1 is 1.04 bits per heavy atom. The number of hydrogen-bond donors (Lipinski definition) is 0. The molecule has 5 heteroatoms. The second kappa shape index (κ2) is 10.1. The molecular weight excluding hydrogens is 326 g/mol. The summed E-state index contributed by atoms with van der Waals surface area (Å²) in [5.74, 6) is 0.983. The van der Waals surface area contributed by atoms with Crippen molar-refractivity contribution in [2.24, 2.45) is 0 Å². The summed E-state index contributed by atoms with van der Waals surface area (Å²) in [4.78, 5) is 7.76. The maximum atomic E-state index is 5.68. The smallest absolute Gasteiger partial charge is 0.142 e. The van der Waals surface area contributed by atoms with Crippen molar-refractivity contribution in [1.29, 1.82) is 0 Å². The van der Waals surface area contributed by atoms with Crippen LogP contribution < -0.4 is 9.64 Å². The first-order valence-electron chi connectivity index (χ1n) is 10.2. The van der Waals surface area contributed by atoms with Gasteiger partial charge >= 0.3 is 0 Å². The molecule has 1 aromatic rings. The fourth-order valence-electron chi connectivity index (χ4n) is 4.19. The zero-order valence-electron chi connectivity index (χ0n) is 16.5. The minimum atomic E-state index is 0.703. The molecule has 0 bridgehead atoms. The molecule has 2 saturated heterocycles. The lowest BCUT2D eigenvalue weighted by Crippen LogP contribution is -2.55. The molecule has 0 saturated carbocycles. The highest BCUT2D eigenvalue weighted by Crippen LogP contribution is 2.29. The molecule has 1 atom stereocenters. The molecule has 0 amide bonds. The molecule has 2 heterocycles. The summed E-state index contributed by atoms with van der Waals surface area (Å²) in [6, 6.07) is 9.08. The van der Waals surface area contributed by atoms with E-state index in [0.717, 1.165) is 58.1 Å². The van der Waals surface area contributed by atoms with E-state index in [1.165, 1.54) is 31.6 Å². The average Bonchev–Trinajstić information content (AvgIpc) is 2.71. The van der Waals surface area contributed by atoms with Gasteiger partial charge in [-0.3, -0.25) is 9.80 Å². The Morgan fingerprint density at radius 3 is 2.62 bits per heavy atom. The van der Waals surface area contributed by atoms with E-state index >= 15 is 0 Å². The molecule has 0 aromatic heterocycles. The highest BCUT2D eigenvalue weighted by molar-refractivity contribution is 5.58. The van der Waals surface area contributed by atoms with E-state index in [1.54, 1.807) is 7.11 Å². The van der Waals surface area contributed by atoms with Gasteiger partial charge in [0.1, 0.15) is 5.75 Å². The number of nitrogens with zero attached hydrogens (tertiary/aromatic N) is 3. The lowest BCUT2D eigenvalue weighted by atomic mass is 10.0. The van der Waals surface area contributed by atoms with Gasteiger partial charge in [0.25, 0.3) is 0 Å². The van der Waals surface area contributed by atoms with Crippen molar-refractivity contribution in [3.05, 3.63) is 24.3 Å². The first-order valence-corrected chi connectivity index (χ1v) is 10.2. The van der Waals surface area contributed by atoms with Gasteiger partial charge in [-0.25, -0.2) is 0 Å². The number of rotatable bonds is 8. The van der Waals surface area contributed by atoms with E-state index < -0.39 is 0 Å². The predicted octanol–water partition coefficient (Wildman–Crippen LogP) is 2.71. The van der Waals surface area contributed by atoms with Gasteiger partial charge in [0, 0.05) is 51.9 Å². The van der Waals surface area contributed by atoms with Gasteiger partial charge in [0.15, 0.2) is 0 Å². The first-order chi connectivity index (χ1) is 12.8. The SMILES string of the molecule is CCCOCCN1CCC[C@@H](N2CCN(c3ccccc3OC)CC2)C1. The van der Waals surface area contributed by atoms with Crippen molar-refractivity contribution in [1.82, 2.24) is 9.80 Å². The van der Waals surface area contributed by atoms with Gasteiger partial charge < -0.3 is 14.4 Å². The summed E-state index contributed by atoms with van der Waals surface area (Å²) < 4.78 is 11.2. The lowest BCUT2D eigenvalue weighted by molar-refractivity contribution is 0.0601. The summed E-state index contributed by atoms with van der Waals surface area (Å²) in [5.41, 5.74) is 1.23. The van der Waals surface area contributed by atoms with Crippen LogP contribution in [0.25, 0.3) is 0 Å². The molecule has 0 unspecified atom stereocenters. The summed E-state index contributed by atoms with van der Waals surface area (Å²) in [7, 11) is 1.76. The van der Waals surface area contributed by atoms with Crippen molar-refractivity contribution in [3.63, 3.8) is 0 Å². The lowest BCUT2D eigenvalue weighted by Gasteiger charge is -2.44. The number of para-hydroxylation sites is 2. The summed E-state index contributed by atoms with van der Waals surface area (Å²) in [6.45, 7) is 11.9. The van der Waals surface area contributed by atoms with Crippen LogP contribution in [-0.4, -0.2) is 82.0 Å². The van der Waals surface area contributed by atoms with Crippen LogP contribution in [0.3, 0.4) is 0 Å². The molecule has 26 heavy (non-hydrogen) atoms. The van der Waals surface area contributed by atoms with Gasteiger partial charge in [-0.05, 0) is 37.9 Å². The molecular formula is C21H35N3O2. The average molecular weight is 362 g/mol. The van der Waals surface area contributed by atoms with Crippen molar-refractivity contribution in [2.45, 2.75) is 32.2 Å².